The Hall–Kier alpha value is -3.50. The lowest BCUT2D eigenvalue weighted by molar-refractivity contribution is 0.225. The molecule has 0 atom stereocenters. The molecule has 0 saturated carbocycles. The summed E-state index contributed by atoms with van der Waals surface area (Å²) >= 11 is 0. The van der Waals surface area contributed by atoms with Crippen LogP contribution in [0.25, 0.3) is 21.9 Å². The number of ether oxygens (including phenoxy) is 3. The molecule has 0 N–H and O–H groups in total. The van der Waals surface area contributed by atoms with Gasteiger partial charge in [-0.05, 0) is 111 Å². The van der Waals surface area contributed by atoms with Crippen molar-refractivity contribution in [1.82, 2.24) is 4.90 Å². The van der Waals surface area contributed by atoms with Gasteiger partial charge in [0, 0.05) is 10.9 Å². The van der Waals surface area contributed by atoms with Gasteiger partial charge in [0.2, 0.25) is 0 Å². The van der Waals surface area contributed by atoms with Gasteiger partial charge in [-0.15, -0.1) is 0 Å². The number of rotatable bonds is 10. The topological polar surface area (TPSA) is 30.9 Å². The monoisotopic (exact) mass is 495 g/mol. The van der Waals surface area contributed by atoms with Gasteiger partial charge >= 0.3 is 0 Å². The van der Waals surface area contributed by atoms with Crippen molar-refractivity contribution in [3.8, 4) is 34.1 Å². The van der Waals surface area contributed by atoms with Gasteiger partial charge in [-0.1, -0.05) is 42.8 Å². The SMILES string of the molecule is COc1ccc(-c2c(CCCCN3CCCCC3)cc3cc(OC)ccc3c2Oc2ccccc2)cc1. The summed E-state index contributed by atoms with van der Waals surface area (Å²) < 4.78 is 17.7. The summed E-state index contributed by atoms with van der Waals surface area (Å²) in [6, 6.07) is 27.0. The van der Waals surface area contributed by atoms with Gasteiger partial charge in [-0.2, -0.15) is 0 Å². The Labute approximate surface area is 220 Å². The van der Waals surface area contributed by atoms with Crippen LogP contribution < -0.4 is 14.2 Å². The van der Waals surface area contributed by atoms with Crippen LogP contribution >= 0.6 is 0 Å². The molecule has 1 heterocycles. The van der Waals surface area contributed by atoms with E-state index in [1.54, 1.807) is 14.2 Å². The van der Waals surface area contributed by atoms with Crippen LogP contribution in [0.15, 0.2) is 78.9 Å². The molecule has 0 bridgehead atoms. The predicted octanol–water partition coefficient (Wildman–Crippen LogP) is 8.12. The van der Waals surface area contributed by atoms with Crippen molar-refractivity contribution in [2.24, 2.45) is 0 Å². The Morgan fingerprint density at radius 1 is 0.703 bits per heavy atom. The van der Waals surface area contributed by atoms with Gasteiger partial charge in [-0.3, -0.25) is 0 Å². The standard InChI is InChI=1S/C33H37NO3/c1-35-28-16-14-25(15-17-28)32-26(11-7-10-22-34-20-8-4-9-21-34)23-27-24-30(36-2)18-19-31(27)33(32)37-29-12-5-3-6-13-29/h3,5-6,12-19,23-24H,4,7-11,20-22H2,1-2H3. The zero-order valence-corrected chi connectivity index (χ0v) is 22.0. The average Bonchev–Trinajstić information content (AvgIpc) is 2.96. The summed E-state index contributed by atoms with van der Waals surface area (Å²) in [5.74, 6) is 3.42. The van der Waals surface area contributed by atoms with Crippen LogP contribution in [0.1, 0.15) is 37.7 Å². The number of methoxy groups -OCH3 is 2. The molecule has 4 aromatic rings. The molecule has 37 heavy (non-hydrogen) atoms. The molecule has 5 rings (SSSR count). The zero-order chi connectivity index (χ0) is 25.5. The number of piperidine rings is 1. The number of likely N-dealkylation sites (tertiary alicyclic amines) is 1. The lowest BCUT2D eigenvalue weighted by atomic mass is 9.91. The first-order chi connectivity index (χ1) is 18.2. The van der Waals surface area contributed by atoms with Crippen molar-refractivity contribution < 1.29 is 14.2 Å². The van der Waals surface area contributed by atoms with Crippen LogP contribution in [-0.4, -0.2) is 38.8 Å². The summed E-state index contributed by atoms with van der Waals surface area (Å²) in [7, 11) is 3.42. The van der Waals surface area contributed by atoms with E-state index >= 15 is 0 Å². The molecular formula is C33H37NO3. The molecule has 4 heteroatoms. The Bertz CT molecular complexity index is 1290. The van der Waals surface area contributed by atoms with Crippen molar-refractivity contribution in [2.75, 3.05) is 33.9 Å². The third-order valence-electron chi connectivity index (χ3n) is 7.34. The summed E-state index contributed by atoms with van der Waals surface area (Å²) in [5, 5.41) is 2.21. The maximum atomic E-state index is 6.67. The molecule has 0 amide bonds. The fourth-order valence-electron chi connectivity index (χ4n) is 5.35. The molecule has 1 fully saturated rings. The first-order valence-corrected chi connectivity index (χ1v) is 13.5. The minimum Gasteiger partial charge on any atom is -0.497 e. The van der Waals surface area contributed by atoms with Crippen molar-refractivity contribution in [1.29, 1.82) is 0 Å². The van der Waals surface area contributed by atoms with E-state index in [1.165, 1.54) is 50.9 Å². The van der Waals surface area contributed by atoms with Crippen molar-refractivity contribution in [2.45, 2.75) is 38.5 Å². The number of fused-ring (bicyclic) bond motifs is 1. The molecule has 1 aliphatic rings. The number of hydrogen-bond acceptors (Lipinski definition) is 4. The van der Waals surface area contributed by atoms with E-state index in [-0.39, 0.29) is 0 Å². The van der Waals surface area contributed by atoms with E-state index in [2.05, 4.69) is 35.2 Å². The van der Waals surface area contributed by atoms with Crippen LogP contribution in [0.4, 0.5) is 0 Å². The molecule has 192 valence electrons. The Kier molecular flexibility index (Phi) is 8.27. The summed E-state index contributed by atoms with van der Waals surface area (Å²) in [6.45, 7) is 3.69. The molecular weight excluding hydrogens is 458 g/mol. The molecule has 0 radical (unpaired) electrons. The second-order valence-corrected chi connectivity index (χ2v) is 9.83. The number of nitrogens with zero attached hydrogens (tertiary/aromatic N) is 1. The molecule has 0 spiro atoms. The van der Waals surface area contributed by atoms with Gasteiger partial charge in [0.15, 0.2) is 0 Å². The zero-order valence-electron chi connectivity index (χ0n) is 22.0. The van der Waals surface area contributed by atoms with E-state index in [1.807, 2.05) is 48.5 Å². The number of hydrogen-bond donors (Lipinski definition) is 0. The van der Waals surface area contributed by atoms with Crippen molar-refractivity contribution >= 4 is 10.8 Å². The fraction of sp³-hybridized carbons (Fsp3) is 0.333. The third kappa shape index (κ3) is 6.08. The van der Waals surface area contributed by atoms with E-state index in [4.69, 9.17) is 14.2 Å². The molecule has 1 saturated heterocycles. The van der Waals surface area contributed by atoms with Gasteiger partial charge in [0.25, 0.3) is 0 Å². The first-order valence-electron chi connectivity index (χ1n) is 13.5. The number of para-hydroxylation sites is 1. The largest absolute Gasteiger partial charge is 0.497 e. The lowest BCUT2D eigenvalue weighted by Crippen LogP contribution is -2.30. The number of benzene rings is 4. The molecule has 0 aliphatic carbocycles. The maximum Gasteiger partial charge on any atom is 0.143 e. The van der Waals surface area contributed by atoms with Crippen LogP contribution in [-0.2, 0) is 6.42 Å². The molecule has 4 nitrogen and oxygen atoms in total. The summed E-state index contributed by atoms with van der Waals surface area (Å²) in [6.07, 6.45) is 7.40. The van der Waals surface area contributed by atoms with E-state index in [0.717, 1.165) is 57.7 Å². The Morgan fingerprint density at radius 2 is 1.43 bits per heavy atom. The van der Waals surface area contributed by atoms with Gasteiger partial charge < -0.3 is 19.1 Å². The van der Waals surface area contributed by atoms with E-state index < -0.39 is 0 Å². The van der Waals surface area contributed by atoms with Crippen molar-refractivity contribution in [3.63, 3.8) is 0 Å². The minimum atomic E-state index is 0.830. The fourth-order valence-corrected chi connectivity index (χ4v) is 5.35. The predicted molar refractivity (Wildman–Crippen MR) is 152 cm³/mol. The molecule has 1 aliphatic heterocycles. The quantitative estimate of drug-likeness (QED) is 0.208. The van der Waals surface area contributed by atoms with Gasteiger partial charge in [0.05, 0.1) is 14.2 Å². The molecule has 0 unspecified atom stereocenters. The Morgan fingerprint density at radius 3 is 2.16 bits per heavy atom. The van der Waals surface area contributed by atoms with Crippen LogP contribution in [0.5, 0.6) is 23.0 Å². The smallest absolute Gasteiger partial charge is 0.143 e. The van der Waals surface area contributed by atoms with Gasteiger partial charge in [-0.25, -0.2) is 0 Å². The Balaban J connectivity index is 1.55. The third-order valence-corrected chi connectivity index (χ3v) is 7.34. The van der Waals surface area contributed by atoms with Crippen molar-refractivity contribution in [3.05, 3.63) is 84.4 Å². The minimum absolute atomic E-state index is 0.830. The highest BCUT2D eigenvalue weighted by molar-refractivity contribution is 5.98. The molecule has 0 aromatic heterocycles. The van der Waals surface area contributed by atoms with Crippen LogP contribution in [0.2, 0.25) is 0 Å². The van der Waals surface area contributed by atoms with E-state index in [9.17, 15) is 0 Å². The second kappa shape index (κ2) is 12.2. The maximum absolute atomic E-state index is 6.67. The van der Waals surface area contributed by atoms with E-state index in [0.29, 0.717) is 0 Å². The highest BCUT2D eigenvalue weighted by Gasteiger charge is 2.19. The van der Waals surface area contributed by atoms with Crippen LogP contribution in [0, 0.1) is 0 Å². The number of unbranched alkanes of at least 4 members (excludes halogenated alkanes) is 1. The summed E-state index contributed by atoms with van der Waals surface area (Å²) in [5.41, 5.74) is 3.59. The summed E-state index contributed by atoms with van der Waals surface area (Å²) in [4.78, 5) is 2.63. The van der Waals surface area contributed by atoms with Gasteiger partial charge in [0.1, 0.15) is 23.0 Å². The number of aryl methyl sites for hydroxylation is 1. The second-order valence-electron chi connectivity index (χ2n) is 9.83. The lowest BCUT2D eigenvalue weighted by Gasteiger charge is -2.26. The molecule has 4 aromatic carbocycles. The van der Waals surface area contributed by atoms with Crippen LogP contribution in [0.3, 0.4) is 0 Å². The first kappa shape index (κ1) is 25.2. The normalized spacial score (nSPS) is 14.0. The highest BCUT2D eigenvalue weighted by Crippen LogP contribution is 2.44. The average molecular weight is 496 g/mol. The highest BCUT2D eigenvalue weighted by atomic mass is 16.5.